The fourth-order valence-electron chi connectivity index (χ4n) is 3.04. The summed E-state index contributed by atoms with van der Waals surface area (Å²) in [5.41, 5.74) is 1.07. The molecule has 7 heteroatoms. The Kier molecular flexibility index (Phi) is 4.07. The molecule has 0 radical (unpaired) electrons. The first-order chi connectivity index (χ1) is 12.2. The fourth-order valence-corrected chi connectivity index (χ4v) is 3.04. The number of fused-ring (bicyclic) bond motifs is 1. The molecule has 0 N–H and O–H groups in total. The van der Waals surface area contributed by atoms with Crippen LogP contribution in [0.15, 0.2) is 46.9 Å². The van der Waals surface area contributed by atoms with E-state index >= 15 is 0 Å². The van der Waals surface area contributed by atoms with Crippen molar-refractivity contribution in [2.45, 2.75) is 19.6 Å². The summed E-state index contributed by atoms with van der Waals surface area (Å²) >= 11 is 0. The van der Waals surface area contributed by atoms with Gasteiger partial charge in [0.1, 0.15) is 11.6 Å². The lowest BCUT2D eigenvalue weighted by atomic mass is 10.2. The number of rotatable bonds is 4. The minimum Gasteiger partial charge on any atom is -0.463 e. The number of hydrogen-bond donors (Lipinski definition) is 0. The van der Waals surface area contributed by atoms with Gasteiger partial charge in [-0.2, -0.15) is 0 Å². The molecule has 1 aliphatic rings. The molecule has 0 amide bonds. The molecule has 0 fully saturated rings. The number of carbonyl (C=O) groups excluding carboxylic acids is 1. The normalized spacial score (nSPS) is 14.3. The van der Waals surface area contributed by atoms with Gasteiger partial charge in [0.2, 0.25) is 5.76 Å². The maximum Gasteiger partial charge on any atom is 0.373 e. The predicted molar refractivity (Wildman–Crippen MR) is 89.6 cm³/mol. The quantitative estimate of drug-likeness (QED) is 0.680. The molecule has 2 aromatic heterocycles. The van der Waals surface area contributed by atoms with Gasteiger partial charge >= 0.3 is 5.97 Å². The number of hydrogen-bond acceptors (Lipinski definition) is 6. The molecular weight excluding hydrogens is 320 g/mol. The van der Waals surface area contributed by atoms with Crippen LogP contribution in [0.4, 0.5) is 0 Å². The van der Waals surface area contributed by atoms with Crippen molar-refractivity contribution in [3.05, 3.63) is 59.8 Å². The Morgan fingerprint density at radius 3 is 2.80 bits per heavy atom. The maximum absolute atomic E-state index is 11.5. The van der Waals surface area contributed by atoms with Crippen LogP contribution in [0.1, 0.15) is 22.1 Å². The Morgan fingerprint density at radius 1 is 1.16 bits per heavy atom. The standard InChI is InChI=1S/C18H18N4O3/c1-24-18(23)15-8-7-14(25-15)11-21-9-10-22-16(12-21)19-20-17(22)13-5-3-2-4-6-13/h2-8H,9-12H2,1H3. The van der Waals surface area contributed by atoms with Gasteiger partial charge in [-0.15, -0.1) is 10.2 Å². The molecule has 0 saturated carbocycles. The molecule has 1 aromatic carbocycles. The summed E-state index contributed by atoms with van der Waals surface area (Å²) < 4.78 is 12.4. The lowest BCUT2D eigenvalue weighted by Gasteiger charge is -2.26. The van der Waals surface area contributed by atoms with Gasteiger partial charge in [0.05, 0.1) is 20.2 Å². The first kappa shape index (κ1) is 15.6. The van der Waals surface area contributed by atoms with Crippen LogP contribution in [0.2, 0.25) is 0 Å². The van der Waals surface area contributed by atoms with Gasteiger partial charge in [0.15, 0.2) is 5.82 Å². The summed E-state index contributed by atoms with van der Waals surface area (Å²) in [4.78, 5) is 13.7. The van der Waals surface area contributed by atoms with Crippen molar-refractivity contribution in [2.75, 3.05) is 13.7 Å². The number of carbonyl (C=O) groups is 1. The smallest absolute Gasteiger partial charge is 0.373 e. The number of nitrogens with zero attached hydrogens (tertiary/aromatic N) is 4. The number of furan rings is 1. The molecule has 0 saturated heterocycles. The third-order valence-electron chi connectivity index (χ3n) is 4.29. The molecule has 0 atom stereocenters. The SMILES string of the molecule is COC(=O)c1ccc(CN2CCn3c(nnc3-c3ccccc3)C2)o1. The molecule has 3 heterocycles. The van der Waals surface area contributed by atoms with Crippen molar-refractivity contribution in [3.63, 3.8) is 0 Å². The van der Waals surface area contributed by atoms with Gasteiger partial charge in [-0.1, -0.05) is 30.3 Å². The maximum atomic E-state index is 11.5. The first-order valence-corrected chi connectivity index (χ1v) is 8.11. The van der Waals surface area contributed by atoms with Crippen molar-refractivity contribution >= 4 is 5.97 Å². The van der Waals surface area contributed by atoms with Crippen LogP contribution in [0, 0.1) is 0 Å². The Morgan fingerprint density at radius 2 is 2.00 bits per heavy atom. The van der Waals surface area contributed by atoms with Crippen molar-refractivity contribution < 1.29 is 13.9 Å². The fraction of sp³-hybridized carbons (Fsp3) is 0.278. The molecule has 0 bridgehead atoms. The van der Waals surface area contributed by atoms with Crippen LogP contribution in [0.5, 0.6) is 0 Å². The van der Waals surface area contributed by atoms with Crippen molar-refractivity contribution in [1.29, 1.82) is 0 Å². The van der Waals surface area contributed by atoms with E-state index in [0.29, 0.717) is 13.1 Å². The Labute approximate surface area is 144 Å². The molecular formula is C18H18N4O3. The summed E-state index contributed by atoms with van der Waals surface area (Å²) in [5, 5.41) is 8.69. The second-order valence-corrected chi connectivity index (χ2v) is 5.93. The lowest BCUT2D eigenvalue weighted by Crippen LogP contribution is -2.33. The number of ether oxygens (including phenoxy) is 1. The summed E-state index contributed by atoms with van der Waals surface area (Å²) in [7, 11) is 1.34. The third-order valence-corrected chi connectivity index (χ3v) is 4.29. The second kappa shape index (κ2) is 6.52. The number of esters is 1. The highest BCUT2D eigenvalue weighted by Crippen LogP contribution is 2.22. The predicted octanol–water partition coefficient (Wildman–Crippen LogP) is 2.34. The van der Waals surface area contributed by atoms with Crippen molar-refractivity contribution in [3.8, 4) is 11.4 Å². The molecule has 0 unspecified atom stereocenters. The van der Waals surface area contributed by atoms with E-state index in [4.69, 9.17) is 4.42 Å². The lowest BCUT2D eigenvalue weighted by molar-refractivity contribution is 0.0560. The van der Waals surface area contributed by atoms with Crippen molar-refractivity contribution in [2.24, 2.45) is 0 Å². The van der Waals surface area contributed by atoms with Gasteiger partial charge in [0, 0.05) is 18.7 Å². The number of aromatic nitrogens is 3. The molecule has 25 heavy (non-hydrogen) atoms. The third kappa shape index (κ3) is 3.06. The topological polar surface area (TPSA) is 73.4 Å². The average molecular weight is 338 g/mol. The zero-order valence-corrected chi connectivity index (χ0v) is 13.9. The molecule has 4 rings (SSSR count). The molecule has 128 valence electrons. The molecule has 3 aromatic rings. The molecule has 0 spiro atoms. The van der Waals surface area contributed by atoms with Gasteiger partial charge in [-0.25, -0.2) is 4.79 Å². The average Bonchev–Trinajstić information content (AvgIpc) is 3.28. The van der Waals surface area contributed by atoms with Crippen molar-refractivity contribution in [1.82, 2.24) is 19.7 Å². The minimum atomic E-state index is -0.461. The van der Waals surface area contributed by atoms with Crippen LogP contribution < -0.4 is 0 Å². The van der Waals surface area contributed by atoms with Crippen LogP contribution in [0.25, 0.3) is 11.4 Å². The molecule has 7 nitrogen and oxygen atoms in total. The van der Waals surface area contributed by atoms with Gasteiger partial charge in [-0.05, 0) is 12.1 Å². The largest absolute Gasteiger partial charge is 0.463 e. The van der Waals surface area contributed by atoms with E-state index in [9.17, 15) is 4.79 Å². The highest BCUT2D eigenvalue weighted by Gasteiger charge is 2.23. The highest BCUT2D eigenvalue weighted by molar-refractivity contribution is 5.86. The monoisotopic (exact) mass is 338 g/mol. The minimum absolute atomic E-state index is 0.226. The summed E-state index contributed by atoms with van der Waals surface area (Å²) in [6.07, 6.45) is 0. The van der Waals surface area contributed by atoms with Crippen LogP contribution in [0.3, 0.4) is 0 Å². The van der Waals surface area contributed by atoms with E-state index in [-0.39, 0.29) is 5.76 Å². The van der Waals surface area contributed by atoms with E-state index in [1.165, 1.54) is 7.11 Å². The molecule has 1 aliphatic heterocycles. The van der Waals surface area contributed by atoms with Crippen LogP contribution in [-0.4, -0.2) is 39.3 Å². The first-order valence-electron chi connectivity index (χ1n) is 8.11. The van der Waals surface area contributed by atoms with Crippen LogP contribution >= 0.6 is 0 Å². The highest BCUT2D eigenvalue weighted by atomic mass is 16.5. The van der Waals surface area contributed by atoms with E-state index in [0.717, 1.165) is 36.1 Å². The Balaban J connectivity index is 1.48. The van der Waals surface area contributed by atoms with E-state index in [1.54, 1.807) is 12.1 Å². The van der Waals surface area contributed by atoms with Gasteiger partial charge in [-0.3, -0.25) is 4.90 Å². The Hall–Kier alpha value is -2.93. The zero-order chi connectivity index (χ0) is 17.2. The van der Waals surface area contributed by atoms with Crippen LogP contribution in [-0.2, 0) is 24.4 Å². The molecule has 0 aliphatic carbocycles. The zero-order valence-electron chi connectivity index (χ0n) is 13.9. The van der Waals surface area contributed by atoms with Gasteiger partial charge < -0.3 is 13.7 Å². The van der Waals surface area contributed by atoms with Gasteiger partial charge in [0.25, 0.3) is 0 Å². The number of benzene rings is 1. The summed E-state index contributed by atoms with van der Waals surface area (Å²) in [6, 6.07) is 13.5. The van der Waals surface area contributed by atoms with E-state index in [1.807, 2.05) is 30.3 Å². The van der Waals surface area contributed by atoms with E-state index < -0.39 is 5.97 Å². The second-order valence-electron chi connectivity index (χ2n) is 5.93. The number of methoxy groups -OCH3 is 1. The summed E-state index contributed by atoms with van der Waals surface area (Å²) in [5.74, 6) is 2.34. The van der Waals surface area contributed by atoms with E-state index in [2.05, 4.69) is 24.4 Å². The summed E-state index contributed by atoms with van der Waals surface area (Å²) in [6.45, 7) is 2.98. The Bertz CT molecular complexity index is 885.